The van der Waals surface area contributed by atoms with Gasteiger partial charge < -0.3 is 9.52 Å². The van der Waals surface area contributed by atoms with Gasteiger partial charge in [-0.2, -0.15) is 0 Å². The highest BCUT2D eigenvalue weighted by Gasteiger charge is 2.08. The van der Waals surface area contributed by atoms with Gasteiger partial charge in [0, 0.05) is 0 Å². The van der Waals surface area contributed by atoms with Crippen LogP contribution in [0.3, 0.4) is 0 Å². The van der Waals surface area contributed by atoms with Crippen molar-refractivity contribution in [2.24, 2.45) is 0 Å². The summed E-state index contributed by atoms with van der Waals surface area (Å²) < 4.78 is 5.20. The highest BCUT2D eigenvalue weighted by atomic mass is 16.4. The van der Waals surface area contributed by atoms with Gasteiger partial charge in [-0.1, -0.05) is 84.0 Å². The predicted octanol–water partition coefficient (Wildman–Crippen LogP) is 6.40. The van der Waals surface area contributed by atoms with Crippen LogP contribution in [-0.4, -0.2) is 5.11 Å². The Bertz CT molecular complexity index is 305. The molecule has 1 heterocycles. The molecule has 0 aliphatic rings. The molecular formula is C19H34O2. The molecule has 2 heteroatoms. The standard InChI is InChI=1S/C19H34O2/c1-2-3-4-5-6-7-8-9-10-11-12-13-15-18(20)19-16-14-17-21-19/h14,16-18,20H,2-13,15H2,1H3/t18-/m0/s1. The maximum Gasteiger partial charge on any atom is 0.132 e. The normalized spacial score (nSPS) is 12.7. The zero-order valence-electron chi connectivity index (χ0n) is 13.9. The third-order valence-corrected chi connectivity index (χ3v) is 4.20. The van der Waals surface area contributed by atoms with Crippen molar-refractivity contribution in [1.29, 1.82) is 0 Å². The average Bonchev–Trinajstić information content (AvgIpc) is 3.02. The highest BCUT2D eigenvalue weighted by Crippen LogP contribution is 2.20. The maximum atomic E-state index is 9.88. The smallest absolute Gasteiger partial charge is 0.132 e. The van der Waals surface area contributed by atoms with E-state index >= 15 is 0 Å². The van der Waals surface area contributed by atoms with Crippen molar-refractivity contribution >= 4 is 0 Å². The van der Waals surface area contributed by atoms with Crippen LogP contribution in [0.4, 0.5) is 0 Å². The Balaban J connectivity index is 1.78. The third kappa shape index (κ3) is 9.73. The summed E-state index contributed by atoms with van der Waals surface area (Å²) in [5.41, 5.74) is 0. The quantitative estimate of drug-likeness (QED) is 0.402. The van der Waals surface area contributed by atoms with E-state index in [9.17, 15) is 5.11 Å². The number of aliphatic hydroxyl groups excluding tert-OH is 1. The lowest BCUT2D eigenvalue weighted by molar-refractivity contribution is 0.136. The van der Waals surface area contributed by atoms with Crippen molar-refractivity contribution in [3.05, 3.63) is 24.2 Å². The van der Waals surface area contributed by atoms with E-state index in [2.05, 4.69) is 6.92 Å². The third-order valence-electron chi connectivity index (χ3n) is 4.20. The van der Waals surface area contributed by atoms with Gasteiger partial charge in [-0.3, -0.25) is 0 Å². The lowest BCUT2D eigenvalue weighted by atomic mass is 10.0. The number of rotatable bonds is 14. The van der Waals surface area contributed by atoms with Gasteiger partial charge in [0.05, 0.1) is 6.26 Å². The van der Waals surface area contributed by atoms with E-state index in [1.54, 1.807) is 6.26 Å². The van der Waals surface area contributed by atoms with Crippen LogP contribution in [0.1, 0.15) is 102 Å². The summed E-state index contributed by atoms with van der Waals surface area (Å²) in [6.45, 7) is 2.27. The SMILES string of the molecule is CCCCCCCCCCCCCC[C@H](O)c1ccco1. The molecule has 1 atom stereocenters. The van der Waals surface area contributed by atoms with Gasteiger partial charge in [-0.25, -0.2) is 0 Å². The molecule has 0 radical (unpaired) electrons. The molecule has 2 nitrogen and oxygen atoms in total. The minimum Gasteiger partial charge on any atom is -0.467 e. The molecule has 21 heavy (non-hydrogen) atoms. The second kappa shape index (κ2) is 12.9. The van der Waals surface area contributed by atoms with Gasteiger partial charge in [0.25, 0.3) is 0 Å². The Morgan fingerprint density at radius 2 is 1.38 bits per heavy atom. The van der Waals surface area contributed by atoms with E-state index in [1.807, 2.05) is 12.1 Å². The van der Waals surface area contributed by atoms with E-state index < -0.39 is 6.10 Å². The van der Waals surface area contributed by atoms with Crippen LogP contribution in [0.2, 0.25) is 0 Å². The molecular weight excluding hydrogens is 260 g/mol. The molecule has 1 N–H and O–H groups in total. The minimum atomic E-state index is -0.414. The van der Waals surface area contributed by atoms with Crippen LogP contribution in [0.25, 0.3) is 0 Å². The Hall–Kier alpha value is -0.760. The van der Waals surface area contributed by atoms with Crippen LogP contribution < -0.4 is 0 Å². The molecule has 0 amide bonds. The number of hydrogen-bond acceptors (Lipinski definition) is 2. The molecule has 0 aliphatic heterocycles. The van der Waals surface area contributed by atoms with Gasteiger partial charge in [-0.05, 0) is 18.6 Å². The fraction of sp³-hybridized carbons (Fsp3) is 0.789. The summed E-state index contributed by atoms with van der Waals surface area (Å²) in [5, 5.41) is 9.88. The van der Waals surface area contributed by atoms with Crippen molar-refractivity contribution < 1.29 is 9.52 Å². The molecule has 0 unspecified atom stereocenters. The molecule has 0 saturated heterocycles. The molecule has 0 bridgehead atoms. The highest BCUT2D eigenvalue weighted by molar-refractivity contribution is 5.01. The van der Waals surface area contributed by atoms with Crippen LogP contribution in [0, 0.1) is 0 Å². The molecule has 0 spiro atoms. The van der Waals surface area contributed by atoms with E-state index in [0.717, 1.165) is 12.8 Å². The van der Waals surface area contributed by atoms with Gasteiger partial charge in [0.1, 0.15) is 11.9 Å². The van der Waals surface area contributed by atoms with E-state index in [1.165, 1.54) is 70.6 Å². The van der Waals surface area contributed by atoms with E-state index in [-0.39, 0.29) is 0 Å². The van der Waals surface area contributed by atoms with Crippen molar-refractivity contribution in [3.63, 3.8) is 0 Å². The fourth-order valence-corrected chi connectivity index (χ4v) is 2.80. The van der Waals surface area contributed by atoms with Gasteiger partial charge in [-0.15, -0.1) is 0 Å². The first-order valence-electron chi connectivity index (χ1n) is 9.06. The minimum absolute atomic E-state index is 0.414. The molecule has 0 fully saturated rings. The summed E-state index contributed by atoms with van der Waals surface area (Å²) in [6, 6.07) is 3.69. The van der Waals surface area contributed by atoms with E-state index in [4.69, 9.17) is 4.42 Å². The molecule has 0 saturated carbocycles. The van der Waals surface area contributed by atoms with E-state index in [0.29, 0.717) is 5.76 Å². The summed E-state index contributed by atoms with van der Waals surface area (Å²) in [7, 11) is 0. The Kier molecular flexibility index (Phi) is 11.3. The van der Waals surface area contributed by atoms with Crippen molar-refractivity contribution in [1.82, 2.24) is 0 Å². The molecule has 0 aromatic carbocycles. The van der Waals surface area contributed by atoms with Crippen LogP contribution in [0.5, 0.6) is 0 Å². The Morgan fingerprint density at radius 1 is 0.857 bits per heavy atom. The largest absolute Gasteiger partial charge is 0.467 e. The first kappa shape index (κ1) is 18.3. The second-order valence-electron chi connectivity index (χ2n) is 6.21. The van der Waals surface area contributed by atoms with Gasteiger partial charge in [0.2, 0.25) is 0 Å². The molecule has 0 aliphatic carbocycles. The first-order valence-corrected chi connectivity index (χ1v) is 9.06. The summed E-state index contributed by atoms with van der Waals surface area (Å²) in [4.78, 5) is 0. The maximum absolute atomic E-state index is 9.88. The number of hydrogen-bond donors (Lipinski definition) is 1. The Labute approximate surface area is 130 Å². The number of furan rings is 1. The van der Waals surface area contributed by atoms with Crippen LogP contribution in [-0.2, 0) is 0 Å². The molecule has 122 valence electrons. The lowest BCUT2D eigenvalue weighted by Crippen LogP contribution is -1.95. The molecule has 1 rings (SSSR count). The molecule has 1 aromatic rings. The van der Waals surface area contributed by atoms with Gasteiger partial charge in [0.15, 0.2) is 0 Å². The lowest BCUT2D eigenvalue weighted by Gasteiger charge is -2.07. The topological polar surface area (TPSA) is 33.4 Å². The summed E-state index contributed by atoms with van der Waals surface area (Å²) >= 11 is 0. The van der Waals surface area contributed by atoms with Gasteiger partial charge >= 0.3 is 0 Å². The second-order valence-corrected chi connectivity index (χ2v) is 6.21. The zero-order valence-corrected chi connectivity index (χ0v) is 13.9. The Morgan fingerprint density at radius 3 is 1.86 bits per heavy atom. The van der Waals surface area contributed by atoms with Crippen molar-refractivity contribution in [3.8, 4) is 0 Å². The number of unbranched alkanes of at least 4 members (excludes halogenated alkanes) is 11. The van der Waals surface area contributed by atoms with Crippen molar-refractivity contribution in [2.45, 2.75) is 96.5 Å². The fourth-order valence-electron chi connectivity index (χ4n) is 2.80. The monoisotopic (exact) mass is 294 g/mol. The average molecular weight is 294 g/mol. The summed E-state index contributed by atoms with van der Waals surface area (Å²) in [5.74, 6) is 0.707. The summed E-state index contributed by atoms with van der Waals surface area (Å²) in [6.07, 6.45) is 18.3. The first-order chi connectivity index (χ1) is 10.3. The van der Waals surface area contributed by atoms with Crippen LogP contribution >= 0.6 is 0 Å². The van der Waals surface area contributed by atoms with Crippen LogP contribution in [0.15, 0.2) is 22.8 Å². The predicted molar refractivity (Wildman–Crippen MR) is 89.4 cm³/mol. The molecule has 1 aromatic heterocycles. The number of aliphatic hydroxyl groups is 1. The van der Waals surface area contributed by atoms with Crippen molar-refractivity contribution in [2.75, 3.05) is 0 Å². The zero-order chi connectivity index (χ0) is 15.2.